The molecule has 2 atom stereocenters. The van der Waals surface area contributed by atoms with Crippen LogP contribution in [0.2, 0.25) is 0 Å². The molecule has 0 bridgehead atoms. The Bertz CT molecular complexity index is 321. The fourth-order valence-corrected chi connectivity index (χ4v) is 2.17. The van der Waals surface area contributed by atoms with Crippen molar-refractivity contribution in [2.75, 3.05) is 0 Å². The van der Waals surface area contributed by atoms with Gasteiger partial charge in [0.1, 0.15) is 0 Å². The highest BCUT2D eigenvalue weighted by molar-refractivity contribution is 5.87. The smallest absolute Gasteiger partial charge is 0.316 e. The Morgan fingerprint density at radius 1 is 0.857 bits per heavy atom. The molecule has 0 aliphatic rings. The summed E-state index contributed by atoms with van der Waals surface area (Å²) < 4.78 is 5.09. The van der Waals surface area contributed by atoms with Gasteiger partial charge in [0.15, 0.2) is 0 Å². The molecule has 0 fully saturated rings. The highest BCUT2D eigenvalue weighted by Crippen LogP contribution is 2.18. The summed E-state index contributed by atoms with van der Waals surface area (Å²) in [5, 5.41) is 0. The van der Waals surface area contributed by atoms with E-state index >= 15 is 0 Å². The van der Waals surface area contributed by atoms with Crippen molar-refractivity contribution < 1.29 is 14.3 Å². The summed E-state index contributed by atoms with van der Waals surface area (Å²) in [7, 11) is 0. The molecular weight excluding hydrogens is 264 g/mol. The van der Waals surface area contributed by atoms with Crippen molar-refractivity contribution in [2.24, 2.45) is 11.8 Å². The minimum Gasteiger partial charge on any atom is -0.393 e. The van der Waals surface area contributed by atoms with Gasteiger partial charge in [0.2, 0.25) is 0 Å². The zero-order chi connectivity index (χ0) is 16.1. The molecule has 0 amide bonds. The van der Waals surface area contributed by atoms with Crippen LogP contribution in [-0.2, 0) is 14.3 Å². The van der Waals surface area contributed by atoms with Crippen molar-refractivity contribution in [2.45, 2.75) is 66.2 Å². The SMILES string of the molecule is C/C=C\CCC(CC)C(=O)OC(=O)C(CC)CC/C=C\C. The maximum absolute atomic E-state index is 12.0. The number of carbonyl (C=O) groups excluding carboxylic acids is 2. The van der Waals surface area contributed by atoms with Gasteiger partial charge in [0, 0.05) is 0 Å². The summed E-state index contributed by atoms with van der Waals surface area (Å²) in [5.74, 6) is -1.09. The lowest BCUT2D eigenvalue weighted by Crippen LogP contribution is -2.25. The maximum Gasteiger partial charge on any atom is 0.316 e. The van der Waals surface area contributed by atoms with Crippen molar-refractivity contribution in [1.29, 1.82) is 0 Å². The van der Waals surface area contributed by atoms with E-state index in [1.165, 1.54) is 0 Å². The molecule has 0 rings (SSSR count). The third-order valence-corrected chi connectivity index (χ3v) is 3.69. The zero-order valence-electron chi connectivity index (χ0n) is 13.9. The number of carbonyl (C=O) groups is 2. The molecule has 0 aromatic heterocycles. The van der Waals surface area contributed by atoms with Crippen molar-refractivity contribution in [1.82, 2.24) is 0 Å². The lowest BCUT2D eigenvalue weighted by molar-refractivity contribution is -0.166. The molecule has 0 aliphatic heterocycles. The number of allylic oxidation sites excluding steroid dienone is 4. The van der Waals surface area contributed by atoms with E-state index in [-0.39, 0.29) is 23.8 Å². The Hall–Kier alpha value is -1.38. The molecular formula is C18H30O3. The molecule has 0 aliphatic carbocycles. The summed E-state index contributed by atoms with van der Waals surface area (Å²) in [6.07, 6.45) is 12.6. The Balaban J connectivity index is 4.39. The van der Waals surface area contributed by atoms with Gasteiger partial charge < -0.3 is 4.74 Å². The van der Waals surface area contributed by atoms with Crippen LogP contribution in [0.3, 0.4) is 0 Å². The molecule has 3 heteroatoms. The molecule has 0 saturated carbocycles. The van der Waals surface area contributed by atoms with Crippen molar-refractivity contribution >= 4 is 11.9 Å². The first-order chi connectivity index (χ1) is 10.1. The topological polar surface area (TPSA) is 43.4 Å². The first kappa shape index (κ1) is 19.6. The second kappa shape index (κ2) is 12.4. The third kappa shape index (κ3) is 8.49. The fourth-order valence-electron chi connectivity index (χ4n) is 2.17. The fraction of sp³-hybridized carbons (Fsp3) is 0.667. The first-order valence-corrected chi connectivity index (χ1v) is 8.08. The predicted molar refractivity (Wildman–Crippen MR) is 86.8 cm³/mol. The second-order valence-corrected chi connectivity index (χ2v) is 5.24. The van der Waals surface area contributed by atoms with Crippen LogP contribution in [0, 0.1) is 11.8 Å². The molecule has 0 saturated heterocycles. The van der Waals surface area contributed by atoms with Gasteiger partial charge in [-0.3, -0.25) is 9.59 Å². The normalized spacial score (nSPS) is 14.5. The van der Waals surface area contributed by atoms with Gasteiger partial charge in [-0.25, -0.2) is 0 Å². The van der Waals surface area contributed by atoms with Gasteiger partial charge in [-0.1, -0.05) is 38.2 Å². The Labute approximate surface area is 129 Å². The minimum absolute atomic E-state index is 0.182. The Morgan fingerprint density at radius 2 is 1.24 bits per heavy atom. The van der Waals surface area contributed by atoms with Crippen LogP contribution in [-0.4, -0.2) is 11.9 Å². The van der Waals surface area contributed by atoms with E-state index in [0.29, 0.717) is 12.8 Å². The van der Waals surface area contributed by atoms with Crippen LogP contribution in [0.1, 0.15) is 66.2 Å². The average molecular weight is 294 g/mol. The molecule has 2 unspecified atom stereocenters. The van der Waals surface area contributed by atoms with E-state index in [1.54, 1.807) is 0 Å². The number of ether oxygens (including phenoxy) is 1. The zero-order valence-corrected chi connectivity index (χ0v) is 13.9. The van der Waals surface area contributed by atoms with Gasteiger partial charge in [-0.2, -0.15) is 0 Å². The summed E-state index contributed by atoms with van der Waals surface area (Å²) in [5.41, 5.74) is 0. The molecule has 3 nitrogen and oxygen atoms in total. The van der Waals surface area contributed by atoms with Gasteiger partial charge in [0.25, 0.3) is 0 Å². The van der Waals surface area contributed by atoms with Crippen LogP contribution in [0.25, 0.3) is 0 Å². The quantitative estimate of drug-likeness (QED) is 0.329. The number of hydrogen-bond acceptors (Lipinski definition) is 3. The summed E-state index contributed by atoms with van der Waals surface area (Å²) >= 11 is 0. The van der Waals surface area contributed by atoms with E-state index in [0.717, 1.165) is 25.7 Å². The third-order valence-electron chi connectivity index (χ3n) is 3.69. The van der Waals surface area contributed by atoms with Gasteiger partial charge in [-0.05, 0) is 52.4 Å². The highest BCUT2D eigenvalue weighted by atomic mass is 16.6. The van der Waals surface area contributed by atoms with Crippen LogP contribution >= 0.6 is 0 Å². The van der Waals surface area contributed by atoms with E-state index < -0.39 is 0 Å². The molecule has 0 aromatic carbocycles. The monoisotopic (exact) mass is 294 g/mol. The minimum atomic E-state index is -0.364. The summed E-state index contributed by atoms with van der Waals surface area (Å²) in [6.45, 7) is 7.82. The van der Waals surface area contributed by atoms with E-state index in [9.17, 15) is 9.59 Å². The van der Waals surface area contributed by atoms with Crippen molar-refractivity contribution in [3.8, 4) is 0 Å². The largest absolute Gasteiger partial charge is 0.393 e. The van der Waals surface area contributed by atoms with Crippen LogP contribution in [0.5, 0.6) is 0 Å². The number of rotatable bonds is 10. The summed E-state index contributed by atoms with van der Waals surface area (Å²) in [6, 6.07) is 0. The van der Waals surface area contributed by atoms with Gasteiger partial charge in [0.05, 0.1) is 11.8 Å². The number of hydrogen-bond donors (Lipinski definition) is 0. The lowest BCUT2D eigenvalue weighted by Gasteiger charge is -2.16. The Kier molecular flexibility index (Phi) is 11.6. The van der Waals surface area contributed by atoms with Crippen LogP contribution in [0.4, 0.5) is 0 Å². The van der Waals surface area contributed by atoms with Gasteiger partial charge >= 0.3 is 11.9 Å². The van der Waals surface area contributed by atoms with Crippen molar-refractivity contribution in [3.63, 3.8) is 0 Å². The summed E-state index contributed by atoms with van der Waals surface area (Å²) in [4.78, 5) is 24.1. The van der Waals surface area contributed by atoms with E-state index in [2.05, 4.69) is 0 Å². The molecule has 21 heavy (non-hydrogen) atoms. The van der Waals surface area contributed by atoms with Crippen molar-refractivity contribution in [3.05, 3.63) is 24.3 Å². The molecule has 120 valence electrons. The van der Waals surface area contributed by atoms with Gasteiger partial charge in [-0.15, -0.1) is 0 Å². The van der Waals surface area contributed by atoms with E-state index in [1.807, 2.05) is 52.0 Å². The first-order valence-electron chi connectivity index (χ1n) is 8.08. The lowest BCUT2D eigenvalue weighted by atomic mass is 9.99. The molecule has 0 radical (unpaired) electrons. The average Bonchev–Trinajstić information content (AvgIpc) is 2.48. The second-order valence-electron chi connectivity index (χ2n) is 5.24. The molecule has 0 N–H and O–H groups in total. The van der Waals surface area contributed by atoms with Crippen LogP contribution < -0.4 is 0 Å². The van der Waals surface area contributed by atoms with Crippen LogP contribution in [0.15, 0.2) is 24.3 Å². The highest BCUT2D eigenvalue weighted by Gasteiger charge is 2.24. The molecule has 0 aromatic rings. The molecule has 0 spiro atoms. The Morgan fingerprint density at radius 3 is 1.52 bits per heavy atom. The standard InChI is InChI=1S/C18H30O3/c1-5-9-11-13-15(7-3)17(19)21-18(20)16(8-4)14-12-10-6-2/h5-6,9-10,15-16H,7-8,11-14H2,1-4H3/b9-5-,10-6-. The van der Waals surface area contributed by atoms with E-state index in [4.69, 9.17) is 4.74 Å². The molecule has 0 heterocycles. The maximum atomic E-state index is 12.0. The predicted octanol–water partition coefficient (Wildman–Crippen LogP) is 4.82. The number of esters is 2.